The standard InChI is InChI=1S/C19H26N2O4/c1-13-4-6-16(7-5-13)19(24)20-9-18(23)25-12-17(22)21-10-14(2)8-15(3)11-21/h4-7,14-15H,8-12H2,1-3H3,(H,20,24)/t14-,15+. The lowest BCUT2D eigenvalue weighted by Gasteiger charge is -2.34. The summed E-state index contributed by atoms with van der Waals surface area (Å²) in [5, 5.41) is 2.50. The van der Waals surface area contributed by atoms with E-state index in [-0.39, 0.29) is 25.0 Å². The second-order valence-electron chi connectivity index (χ2n) is 6.95. The Morgan fingerprint density at radius 1 is 1.12 bits per heavy atom. The van der Waals surface area contributed by atoms with E-state index in [1.165, 1.54) is 0 Å². The third kappa shape index (κ3) is 5.89. The Kier molecular flexibility index (Phi) is 6.56. The molecule has 1 aliphatic heterocycles. The Hall–Kier alpha value is -2.37. The van der Waals surface area contributed by atoms with Crippen LogP contribution in [-0.4, -0.2) is 48.9 Å². The lowest BCUT2D eigenvalue weighted by atomic mass is 9.92. The molecule has 0 saturated carbocycles. The summed E-state index contributed by atoms with van der Waals surface area (Å²) in [6, 6.07) is 7.04. The van der Waals surface area contributed by atoms with Crippen LogP contribution in [0.25, 0.3) is 0 Å². The summed E-state index contributed by atoms with van der Waals surface area (Å²) >= 11 is 0. The van der Waals surface area contributed by atoms with Gasteiger partial charge in [-0.2, -0.15) is 0 Å². The van der Waals surface area contributed by atoms with E-state index < -0.39 is 5.97 Å². The van der Waals surface area contributed by atoms with Crippen molar-refractivity contribution in [2.75, 3.05) is 26.2 Å². The Bertz CT molecular complexity index is 617. The number of esters is 1. The van der Waals surface area contributed by atoms with Gasteiger partial charge in [0.1, 0.15) is 6.54 Å². The van der Waals surface area contributed by atoms with Crippen LogP contribution in [0.2, 0.25) is 0 Å². The number of benzene rings is 1. The number of carbonyl (C=O) groups excluding carboxylic acids is 3. The minimum atomic E-state index is -0.619. The van der Waals surface area contributed by atoms with Gasteiger partial charge in [0.05, 0.1) is 0 Å². The number of hydrogen-bond acceptors (Lipinski definition) is 4. The fourth-order valence-electron chi connectivity index (χ4n) is 3.11. The van der Waals surface area contributed by atoms with Crippen molar-refractivity contribution in [3.63, 3.8) is 0 Å². The van der Waals surface area contributed by atoms with E-state index >= 15 is 0 Å². The van der Waals surface area contributed by atoms with Crippen LogP contribution in [0, 0.1) is 18.8 Å². The largest absolute Gasteiger partial charge is 0.454 e. The molecule has 0 aromatic heterocycles. The van der Waals surface area contributed by atoms with Crippen LogP contribution in [0.15, 0.2) is 24.3 Å². The Balaban J connectivity index is 1.72. The first-order chi connectivity index (χ1) is 11.8. The Morgan fingerprint density at radius 2 is 1.72 bits per heavy atom. The summed E-state index contributed by atoms with van der Waals surface area (Å²) in [6.45, 7) is 7.02. The number of piperidine rings is 1. The van der Waals surface area contributed by atoms with Crippen LogP contribution in [0.1, 0.15) is 36.2 Å². The van der Waals surface area contributed by atoms with Gasteiger partial charge in [0.2, 0.25) is 0 Å². The molecule has 1 fully saturated rings. The van der Waals surface area contributed by atoms with Gasteiger partial charge in [0.15, 0.2) is 6.61 Å². The van der Waals surface area contributed by atoms with E-state index in [4.69, 9.17) is 4.74 Å². The summed E-state index contributed by atoms with van der Waals surface area (Å²) in [5.74, 6) is -0.236. The third-order valence-corrected chi connectivity index (χ3v) is 4.29. The molecule has 0 radical (unpaired) electrons. The molecule has 1 heterocycles. The first-order valence-corrected chi connectivity index (χ1v) is 8.63. The Morgan fingerprint density at radius 3 is 2.32 bits per heavy atom. The number of likely N-dealkylation sites (tertiary alicyclic amines) is 1. The molecule has 136 valence electrons. The van der Waals surface area contributed by atoms with Gasteiger partial charge in [-0.1, -0.05) is 31.5 Å². The minimum Gasteiger partial charge on any atom is -0.454 e. The SMILES string of the molecule is Cc1ccc(C(=O)NCC(=O)OCC(=O)N2C[C@H](C)C[C@H](C)C2)cc1. The van der Waals surface area contributed by atoms with E-state index in [1.807, 2.05) is 19.1 Å². The summed E-state index contributed by atoms with van der Waals surface area (Å²) in [7, 11) is 0. The van der Waals surface area contributed by atoms with Crippen molar-refractivity contribution in [1.29, 1.82) is 0 Å². The van der Waals surface area contributed by atoms with Crippen LogP contribution in [0.4, 0.5) is 0 Å². The maximum absolute atomic E-state index is 12.1. The van der Waals surface area contributed by atoms with Crippen LogP contribution in [0.5, 0.6) is 0 Å². The highest BCUT2D eigenvalue weighted by molar-refractivity contribution is 5.96. The van der Waals surface area contributed by atoms with Gasteiger partial charge >= 0.3 is 5.97 Å². The maximum Gasteiger partial charge on any atom is 0.325 e. The van der Waals surface area contributed by atoms with Crippen LogP contribution in [-0.2, 0) is 14.3 Å². The van der Waals surface area contributed by atoms with Crippen LogP contribution in [0.3, 0.4) is 0 Å². The summed E-state index contributed by atoms with van der Waals surface area (Å²) in [6.07, 6.45) is 1.11. The molecule has 1 aromatic rings. The normalized spacial score (nSPS) is 20.0. The first-order valence-electron chi connectivity index (χ1n) is 8.63. The third-order valence-electron chi connectivity index (χ3n) is 4.29. The minimum absolute atomic E-state index is 0.184. The van der Waals surface area contributed by atoms with E-state index in [1.54, 1.807) is 17.0 Å². The summed E-state index contributed by atoms with van der Waals surface area (Å²) < 4.78 is 4.99. The fourth-order valence-corrected chi connectivity index (χ4v) is 3.11. The van der Waals surface area contributed by atoms with Crippen molar-refractivity contribution in [2.24, 2.45) is 11.8 Å². The molecule has 1 saturated heterocycles. The van der Waals surface area contributed by atoms with E-state index in [9.17, 15) is 14.4 Å². The van der Waals surface area contributed by atoms with Crippen LogP contribution < -0.4 is 5.32 Å². The Labute approximate surface area is 148 Å². The molecular formula is C19H26N2O4. The van der Waals surface area contributed by atoms with Gasteiger partial charge in [-0.3, -0.25) is 14.4 Å². The molecule has 2 rings (SSSR count). The van der Waals surface area contributed by atoms with Crippen molar-refractivity contribution >= 4 is 17.8 Å². The number of nitrogens with zero attached hydrogens (tertiary/aromatic N) is 1. The lowest BCUT2D eigenvalue weighted by Crippen LogP contribution is -2.44. The van der Waals surface area contributed by atoms with Crippen molar-refractivity contribution in [3.8, 4) is 0 Å². The predicted octanol–water partition coefficient (Wildman–Crippen LogP) is 1.77. The smallest absolute Gasteiger partial charge is 0.325 e. The van der Waals surface area contributed by atoms with Gasteiger partial charge in [-0.15, -0.1) is 0 Å². The molecule has 1 aromatic carbocycles. The lowest BCUT2D eigenvalue weighted by molar-refractivity contribution is -0.152. The highest BCUT2D eigenvalue weighted by Gasteiger charge is 2.25. The molecule has 0 unspecified atom stereocenters. The number of nitrogens with one attached hydrogen (secondary N) is 1. The second-order valence-corrected chi connectivity index (χ2v) is 6.95. The quantitative estimate of drug-likeness (QED) is 0.825. The molecule has 6 nitrogen and oxygen atoms in total. The highest BCUT2D eigenvalue weighted by atomic mass is 16.5. The first kappa shape index (κ1) is 19.0. The average Bonchev–Trinajstić information content (AvgIpc) is 2.57. The second kappa shape index (κ2) is 8.65. The molecule has 2 amide bonds. The van der Waals surface area contributed by atoms with Crippen molar-refractivity contribution < 1.29 is 19.1 Å². The molecule has 1 aliphatic rings. The van der Waals surface area contributed by atoms with Crippen molar-refractivity contribution in [1.82, 2.24) is 10.2 Å². The zero-order valence-electron chi connectivity index (χ0n) is 15.1. The van der Waals surface area contributed by atoms with Gasteiger partial charge in [0, 0.05) is 18.7 Å². The van der Waals surface area contributed by atoms with E-state index in [0.717, 1.165) is 12.0 Å². The van der Waals surface area contributed by atoms with Crippen molar-refractivity contribution in [3.05, 3.63) is 35.4 Å². The number of rotatable bonds is 5. The molecular weight excluding hydrogens is 320 g/mol. The van der Waals surface area contributed by atoms with Crippen LogP contribution >= 0.6 is 0 Å². The number of amides is 2. The fraction of sp³-hybridized carbons (Fsp3) is 0.526. The molecule has 1 N–H and O–H groups in total. The molecule has 2 atom stereocenters. The maximum atomic E-state index is 12.1. The zero-order valence-corrected chi connectivity index (χ0v) is 15.1. The van der Waals surface area contributed by atoms with Gasteiger partial charge in [-0.25, -0.2) is 0 Å². The predicted molar refractivity (Wildman–Crippen MR) is 94.0 cm³/mol. The number of aryl methyl sites for hydroxylation is 1. The number of carbonyl (C=O) groups is 3. The molecule has 0 aliphatic carbocycles. The number of hydrogen-bond donors (Lipinski definition) is 1. The summed E-state index contributed by atoms with van der Waals surface area (Å²) in [5.41, 5.74) is 1.53. The van der Waals surface area contributed by atoms with Crippen molar-refractivity contribution in [2.45, 2.75) is 27.2 Å². The van der Waals surface area contributed by atoms with Gasteiger partial charge in [0.25, 0.3) is 11.8 Å². The van der Waals surface area contributed by atoms with E-state index in [0.29, 0.717) is 30.5 Å². The average molecular weight is 346 g/mol. The molecule has 0 bridgehead atoms. The molecule has 6 heteroatoms. The molecule has 25 heavy (non-hydrogen) atoms. The van der Waals surface area contributed by atoms with Gasteiger partial charge in [-0.05, 0) is 37.3 Å². The van der Waals surface area contributed by atoms with E-state index in [2.05, 4.69) is 19.2 Å². The summed E-state index contributed by atoms with van der Waals surface area (Å²) in [4.78, 5) is 37.6. The molecule has 0 spiro atoms. The van der Waals surface area contributed by atoms with Gasteiger partial charge < -0.3 is 15.0 Å². The monoisotopic (exact) mass is 346 g/mol. The number of ether oxygens (including phenoxy) is 1. The zero-order chi connectivity index (χ0) is 18.4. The topological polar surface area (TPSA) is 75.7 Å². The highest BCUT2D eigenvalue weighted by Crippen LogP contribution is 2.20.